The fourth-order valence-electron chi connectivity index (χ4n) is 5.31. The number of nitrogens with zero attached hydrogens (tertiary/aromatic N) is 5. The number of rotatable bonds is 7. The Labute approximate surface area is 230 Å². The highest BCUT2D eigenvalue weighted by Crippen LogP contribution is 2.36. The molecule has 3 heterocycles. The van der Waals surface area contributed by atoms with Crippen LogP contribution in [0.4, 0.5) is 5.95 Å². The standard InChI is InChI=1S/C27H28Cl2N6O3/c1-2-38-26(37)17-12-21-22(13-17)35(24(32-21)16-5-6-19(28)20(29)11-16)23-7-9-30-27(33-23)31-18-8-10-34(14-18)25(36)15-3-4-15/h5-7,9,11,15,17-18H,2-4,8,10,12-14H2,1H3,(H,30,31,33)/t17?,18-/m0/s1. The van der Waals surface area contributed by atoms with Gasteiger partial charge in [0, 0.05) is 55.3 Å². The number of anilines is 1. The van der Waals surface area contributed by atoms with Crippen LogP contribution < -0.4 is 5.32 Å². The number of hydrogen-bond donors (Lipinski definition) is 1. The first kappa shape index (κ1) is 25.1. The minimum Gasteiger partial charge on any atom is -0.466 e. The van der Waals surface area contributed by atoms with Crippen LogP contribution in [0.25, 0.3) is 17.2 Å². The third-order valence-corrected chi connectivity index (χ3v) is 8.10. The van der Waals surface area contributed by atoms with Gasteiger partial charge >= 0.3 is 5.97 Å². The van der Waals surface area contributed by atoms with Crippen LogP contribution in [0.5, 0.6) is 0 Å². The van der Waals surface area contributed by atoms with Gasteiger partial charge in [-0.2, -0.15) is 4.98 Å². The van der Waals surface area contributed by atoms with E-state index in [0.717, 1.165) is 42.8 Å². The molecule has 1 aliphatic heterocycles. The molecule has 0 spiro atoms. The summed E-state index contributed by atoms with van der Waals surface area (Å²) in [4.78, 5) is 41.1. The molecule has 3 aliphatic rings. The smallest absolute Gasteiger partial charge is 0.309 e. The summed E-state index contributed by atoms with van der Waals surface area (Å²) in [5.41, 5.74) is 2.54. The lowest BCUT2D eigenvalue weighted by molar-refractivity contribution is -0.147. The lowest BCUT2D eigenvalue weighted by Gasteiger charge is -2.17. The minimum absolute atomic E-state index is 0.0872. The average molecular weight is 555 g/mol. The molecule has 38 heavy (non-hydrogen) atoms. The normalized spacial score (nSPS) is 20.4. The Morgan fingerprint density at radius 2 is 1.92 bits per heavy atom. The zero-order valence-electron chi connectivity index (χ0n) is 21.0. The van der Waals surface area contributed by atoms with Gasteiger partial charge in [0.1, 0.15) is 11.6 Å². The number of nitrogens with one attached hydrogen (secondary N) is 1. The number of carbonyl (C=O) groups is 2. The van der Waals surface area contributed by atoms with Crippen molar-refractivity contribution in [3.05, 3.63) is 51.9 Å². The summed E-state index contributed by atoms with van der Waals surface area (Å²) < 4.78 is 7.25. The zero-order valence-corrected chi connectivity index (χ0v) is 22.5. The predicted molar refractivity (Wildman–Crippen MR) is 143 cm³/mol. The molecule has 1 aromatic carbocycles. The predicted octanol–water partition coefficient (Wildman–Crippen LogP) is 4.34. The molecule has 1 saturated carbocycles. The molecule has 6 rings (SSSR count). The third kappa shape index (κ3) is 4.85. The van der Waals surface area contributed by atoms with Crippen molar-refractivity contribution in [2.75, 3.05) is 25.0 Å². The van der Waals surface area contributed by atoms with Crippen molar-refractivity contribution in [1.29, 1.82) is 0 Å². The molecular formula is C27H28Cl2N6O3. The zero-order chi connectivity index (χ0) is 26.4. The Bertz CT molecular complexity index is 1410. The molecule has 1 amide bonds. The fraction of sp³-hybridized carbons (Fsp3) is 0.444. The second-order valence-electron chi connectivity index (χ2n) is 10.1. The van der Waals surface area contributed by atoms with Gasteiger partial charge in [-0.05, 0) is 50.5 Å². The first-order valence-electron chi connectivity index (χ1n) is 13.0. The van der Waals surface area contributed by atoms with Gasteiger partial charge in [0.2, 0.25) is 11.9 Å². The number of fused-ring (bicyclic) bond motifs is 1. The van der Waals surface area contributed by atoms with Crippen molar-refractivity contribution in [2.45, 2.75) is 45.1 Å². The van der Waals surface area contributed by atoms with Crippen molar-refractivity contribution in [3.63, 3.8) is 0 Å². The van der Waals surface area contributed by atoms with Crippen LogP contribution in [-0.4, -0.2) is 62.0 Å². The first-order chi connectivity index (χ1) is 18.4. The van der Waals surface area contributed by atoms with Crippen molar-refractivity contribution >= 4 is 41.0 Å². The van der Waals surface area contributed by atoms with Gasteiger partial charge in [-0.15, -0.1) is 0 Å². The molecule has 2 aromatic heterocycles. The summed E-state index contributed by atoms with van der Waals surface area (Å²) in [7, 11) is 0. The second-order valence-corrected chi connectivity index (χ2v) is 10.9. The topological polar surface area (TPSA) is 102 Å². The van der Waals surface area contributed by atoms with E-state index in [4.69, 9.17) is 37.9 Å². The van der Waals surface area contributed by atoms with Gasteiger partial charge < -0.3 is 15.0 Å². The Hall–Kier alpha value is -3.17. The largest absolute Gasteiger partial charge is 0.466 e. The van der Waals surface area contributed by atoms with E-state index in [1.54, 1.807) is 18.3 Å². The van der Waals surface area contributed by atoms with Crippen LogP contribution in [-0.2, 0) is 27.2 Å². The van der Waals surface area contributed by atoms with E-state index in [-0.39, 0.29) is 29.8 Å². The van der Waals surface area contributed by atoms with Crippen LogP contribution in [0.1, 0.15) is 37.6 Å². The monoisotopic (exact) mass is 554 g/mol. The summed E-state index contributed by atoms with van der Waals surface area (Å²) in [5.74, 6) is 1.76. The van der Waals surface area contributed by atoms with Gasteiger partial charge in [-0.3, -0.25) is 14.2 Å². The van der Waals surface area contributed by atoms with E-state index in [1.807, 2.05) is 28.5 Å². The quantitative estimate of drug-likeness (QED) is 0.433. The molecule has 2 fully saturated rings. The van der Waals surface area contributed by atoms with Crippen molar-refractivity contribution in [3.8, 4) is 17.2 Å². The minimum atomic E-state index is -0.283. The van der Waals surface area contributed by atoms with Crippen LogP contribution in [0.15, 0.2) is 30.5 Å². The van der Waals surface area contributed by atoms with Crippen molar-refractivity contribution < 1.29 is 14.3 Å². The molecule has 198 valence electrons. The maximum absolute atomic E-state index is 12.5. The van der Waals surface area contributed by atoms with Crippen LogP contribution in [0.3, 0.4) is 0 Å². The van der Waals surface area contributed by atoms with E-state index in [0.29, 0.717) is 53.6 Å². The van der Waals surface area contributed by atoms with Crippen LogP contribution in [0, 0.1) is 11.8 Å². The lowest BCUT2D eigenvalue weighted by Crippen LogP contribution is -2.32. The molecule has 9 nitrogen and oxygen atoms in total. The van der Waals surface area contributed by atoms with Crippen molar-refractivity contribution in [1.82, 2.24) is 24.4 Å². The van der Waals surface area contributed by atoms with Gasteiger partial charge in [0.15, 0.2) is 0 Å². The number of ether oxygens (including phenoxy) is 1. The number of esters is 1. The van der Waals surface area contributed by atoms with E-state index < -0.39 is 0 Å². The van der Waals surface area contributed by atoms with E-state index in [1.165, 1.54) is 0 Å². The van der Waals surface area contributed by atoms with E-state index in [2.05, 4.69) is 10.3 Å². The molecular weight excluding hydrogens is 527 g/mol. The molecule has 0 bridgehead atoms. The SMILES string of the molecule is CCOC(=O)C1Cc2nc(-c3ccc(Cl)c(Cl)c3)n(-c3ccnc(N[C@H]4CCN(C(=O)C5CC5)C4)n3)c2C1. The molecule has 1 saturated heterocycles. The number of aromatic nitrogens is 4. The molecule has 0 radical (unpaired) electrons. The number of amides is 1. The molecule has 11 heteroatoms. The van der Waals surface area contributed by atoms with E-state index in [9.17, 15) is 9.59 Å². The Kier molecular flexibility index (Phi) is 6.74. The molecule has 2 aliphatic carbocycles. The number of hydrogen-bond acceptors (Lipinski definition) is 7. The molecule has 3 aromatic rings. The summed E-state index contributed by atoms with van der Waals surface area (Å²) in [5, 5.41) is 4.30. The molecule has 2 atom stereocenters. The van der Waals surface area contributed by atoms with Crippen molar-refractivity contribution in [2.24, 2.45) is 11.8 Å². The highest BCUT2D eigenvalue weighted by Gasteiger charge is 2.37. The number of benzene rings is 1. The number of imidazole rings is 1. The maximum atomic E-state index is 12.5. The van der Waals surface area contributed by atoms with Gasteiger partial charge in [-0.1, -0.05) is 23.2 Å². The average Bonchev–Trinajstić information content (AvgIpc) is 3.34. The number of carbonyl (C=O) groups excluding carboxylic acids is 2. The molecule has 1 N–H and O–H groups in total. The summed E-state index contributed by atoms with van der Waals surface area (Å²) in [6.07, 6.45) is 5.56. The molecule has 1 unspecified atom stereocenters. The van der Waals surface area contributed by atoms with Gasteiger partial charge in [0.25, 0.3) is 0 Å². The van der Waals surface area contributed by atoms with Crippen LogP contribution in [0.2, 0.25) is 10.0 Å². The fourth-order valence-corrected chi connectivity index (χ4v) is 5.60. The maximum Gasteiger partial charge on any atom is 0.309 e. The first-order valence-corrected chi connectivity index (χ1v) is 13.8. The summed E-state index contributed by atoms with van der Waals surface area (Å²) in [6, 6.07) is 7.31. The summed E-state index contributed by atoms with van der Waals surface area (Å²) in [6.45, 7) is 3.55. The Morgan fingerprint density at radius 1 is 1.08 bits per heavy atom. The van der Waals surface area contributed by atoms with E-state index >= 15 is 0 Å². The highest BCUT2D eigenvalue weighted by molar-refractivity contribution is 6.42. The van der Waals surface area contributed by atoms with Gasteiger partial charge in [-0.25, -0.2) is 9.97 Å². The number of halogens is 2. The third-order valence-electron chi connectivity index (χ3n) is 7.36. The Morgan fingerprint density at radius 3 is 2.68 bits per heavy atom. The lowest BCUT2D eigenvalue weighted by atomic mass is 10.1. The Balaban J connectivity index is 1.31. The highest BCUT2D eigenvalue weighted by atomic mass is 35.5. The second kappa shape index (κ2) is 10.2. The summed E-state index contributed by atoms with van der Waals surface area (Å²) >= 11 is 12.5. The van der Waals surface area contributed by atoms with Gasteiger partial charge in [0.05, 0.1) is 28.3 Å². The van der Waals surface area contributed by atoms with Crippen LogP contribution >= 0.6 is 23.2 Å². The number of likely N-dealkylation sites (tertiary alicyclic amines) is 1.